The topological polar surface area (TPSA) is 12.4 Å². The van der Waals surface area contributed by atoms with Gasteiger partial charge in [0.15, 0.2) is 0 Å². The zero-order valence-corrected chi connectivity index (χ0v) is 8.70. The molecule has 0 aliphatic carbocycles. The fourth-order valence-corrected chi connectivity index (χ4v) is 1.52. The zero-order valence-electron chi connectivity index (χ0n) is 5.46. The van der Waals surface area contributed by atoms with Crippen molar-refractivity contribution in [1.82, 2.24) is 0 Å². The Bertz CT molecular complexity index is 288. The van der Waals surface area contributed by atoms with Crippen LogP contribution in [0.2, 0.25) is 5.02 Å². The van der Waals surface area contributed by atoms with E-state index in [1.54, 1.807) is 6.21 Å². The maximum atomic E-state index is 5.85. The van der Waals surface area contributed by atoms with Crippen LogP contribution in [-0.2, 0) is 0 Å². The molecular formula is C7H5BrClNS. The summed E-state index contributed by atoms with van der Waals surface area (Å²) in [5.41, 5.74) is 0.866. The van der Waals surface area contributed by atoms with Gasteiger partial charge in [-0.3, -0.25) is 0 Å². The molecule has 0 bridgehead atoms. The Kier molecular flexibility index (Phi) is 3.43. The zero-order chi connectivity index (χ0) is 8.27. The maximum Gasteiger partial charge on any atom is 0.0505 e. The van der Waals surface area contributed by atoms with E-state index in [1.807, 2.05) is 18.2 Å². The van der Waals surface area contributed by atoms with Crippen molar-refractivity contribution in [3.8, 4) is 0 Å². The van der Waals surface area contributed by atoms with Crippen molar-refractivity contribution in [1.29, 1.82) is 0 Å². The molecule has 0 heterocycles. The van der Waals surface area contributed by atoms with E-state index < -0.39 is 0 Å². The van der Waals surface area contributed by atoms with E-state index in [-0.39, 0.29) is 0 Å². The molecule has 0 atom stereocenters. The molecule has 0 aromatic heterocycles. The van der Waals surface area contributed by atoms with Crippen LogP contribution in [0.3, 0.4) is 0 Å². The van der Waals surface area contributed by atoms with Gasteiger partial charge in [0, 0.05) is 16.3 Å². The monoisotopic (exact) mass is 249 g/mol. The number of hydrogen-bond acceptors (Lipinski definition) is 2. The third-order valence-electron chi connectivity index (χ3n) is 1.16. The van der Waals surface area contributed by atoms with E-state index in [1.165, 1.54) is 0 Å². The lowest BCUT2D eigenvalue weighted by molar-refractivity contribution is 1.62. The molecule has 1 aromatic rings. The van der Waals surface area contributed by atoms with E-state index in [2.05, 4.69) is 33.1 Å². The number of thiol groups is 1. The second-order valence-corrected chi connectivity index (χ2v) is 3.46. The van der Waals surface area contributed by atoms with Gasteiger partial charge in [0.1, 0.15) is 0 Å². The Hall–Kier alpha value is 0.01000. The highest BCUT2D eigenvalue weighted by Crippen LogP contribution is 2.19. The van der Waals surface area contributed by atoms with Gasteiger partial charge in [0.05, 0.1) is 5.02 Å². The highest BCUT2D eigenvalue weighted by atomic mass is 79.9. The van der Waals surface area contributed by atoms with Gasteiger partial charge in [-0.05, 0) is 24.9 Å². The predicted octanol–water partition coefficient (Wildman–Crippen LogP) is 3.37. The average Bonchev–Trinajstić information content (AvgIpc) is 1.95. The van der Waals surface area contributed by atoms with Gasteiger partial charge < -0.3 is 0 Å². The molecule has 0 radical (unpaired) electrons. The van der Waals surface area contributed by atoms with Crippen molar-refractivity contribution in [2.24, 2.45) is 4.40 Å². The standard InChI is InChI=1S/C7H5BrClNS/c8-6-2-1-5(4-10-11)7(9)3-6/h1-4,11H/b10-4-. The van der Waals surface area contributed by atoms with Gasteiger partial charge in [-0.2, -0.15) is 0 Å². The number of hydrogen-bond donors (Lipinski definition) is 1. The summed E-state index contributed by atoms with van der Waals surface area (Å²) in [4.78, 5) is 0. The van der Waals surface area contributed by atoms with Gasteiger partial charge in [-0.1, -0.05) is 33.6 Å². The first kappa shape index (κ1) is 9.10. The summed E-state index contributed by atoms with van der Waals surface area (Å²) >= 11 is 12.9. The molecular weight excluding hydrogens is 246 g/mol. The van der Waals surface area contributed by atoms with Crippen molar-refractivity contribution in [3.05, 3.63) is 33.3 Å². The van der Waals surface area contributed by atoms with Crippen LogP contribution in [0.15, 0.2) is 27.1 Å². The van der Waals surface area contributed by atoms with Crippen molar-refractivity contribution in [2.45, 2.75) is 0 Å². The molecule has 0 amide bonds. The summed E-state index contributed by atoms with van der Waals surface area (Å²) in [7, 11) is 0. The third-order valence-corrected chi connectivity index (χ3v) is 2.10. The smallest absolute Gasteiger partial charge is 0.0505 e. The molecule has 0 aliphatic heterocycles. The number of halogens is 2. The second-order valence-electron chi connectivity index (χ2n) is 1.91. The predicted molar refractivity (Wildman–Crippen MR) is 55.7 cm³/mol. The van der Waals surface area contributed by atoms with Crippen LogP contribution >= 0.6 is 40.3 Å². The number of benzene rings is 1. The van der Waals surface area contributed by atoms with Crippen molar-refractivity contribution >= 4 is 46.6 Å². The van der Waals surface area contributed by atoms with Crippen LogP contribution < -0.4 is 0 Å². The van der Waals surface area contributed by atoms with Crippen molar-refractivity contribution in [2.75, 3.05) is 0 Å². The third kappa shape index (κ3) is 2.51. The Morgan fingerprint density at radius 3 is 2.82 bits per heavy atom. The van der Waals surface area contributed by atoms with E-state index in [9.17, 15) is 0 Å². The van der Waals surface area contributed by atoms with E-state index in [0.29, 0.717) is 5.02 Å². The Morgan fingerprint density at radius 1 is 1.55 bits per heavy atom. The summed E-state index contributed by atoms with van der Waals surface area (Å²) in [5, 5.41) is 0.664. The SMILES string of the molecule is S/N=C\c1ccc(Br)cc1Cl. The highest BCUT2D eigenvalue weighted by Gasteiger charge is 1.96. The van der Waals surface area contributed by atoms with Crippen LogP contribution in [0.5, 0.6) is 0 Å². The molecule has 0 aliphatic rings. The summed E-state index contributed by atoms with van der Waals surface area (Å²) in [6, 6.07) is 5.58. The van der Waals surface area contributed by atoms with Crippen molar-refractivity contribution < 1.29 is 0 Å². The first-order chi connectivity index (χ1) is 5.24. The van der Waals surface area contributed by atoms with E-state index in [4.69, 9.17) is 11.6 Å². The van der Waals surface area contributed by atoms with Gasteiger partial charge in [0.2, 0.25) is 0 Å². The van der Waals surface area contributed by atoms with Crippen LogP contribution in [0.25, 0.3) is 0 Å². The first-order valence-corrected chi connectivity index (χ1v) is 4.43. The number of nitrogens with zero attached hydrogens (tertiary/aromatic N) is 1. The number of rotatable bonds is 1. The summed E-state index contributed by atoms with van der Waals surface area (Å²) in [6.45, 7) is 0. The van der Waals surface area contributed by atoms with Crippen LogP contribution in [-0.4, -0.2) is 6.21 Å². The first-order valence-electron chi connectivity index (χ1n) is 2.86. The molecule has 11 heavy (non-hydrogen) atoms. The van der Waals surface area contributed by atoms with Gasteiger partial charge in [-0.15, -0.1) is 0 Å². The van der Waals surface area contributed by atoms with E-state index >= 15 is 0 Å². The lowest BCUT2D eigenvalue weighted by Crippen LogP contribution is -1.80. The quantitative estimate of drug-likeness (QED) is 0.580. The normalized spacial score (nSPS) is 10.8. The maximum absolute atomic E-state index is 5.85. The summed E-state index contributed by atoms with van der Waals surface area (Å²) in [6.07, 6.45) is 1.60. The Balaban J connectivity index is 3.09. The van der Waals surface area contributed by atoms with Crippen LogP contribution in [0.4, 0.5) is 0 Å². The molecule has 4 heteroatoms. The minimum absolute atomic E-state index is 0.664. The van der Waals surface area contributed by atoms with Gasteiger partial charge in [-0.25, -0.2) is 4.40 Å². The lowest BCUT2D eigenvalue weighted by atomic mass is 10.2. The minimum atomic E-state index is 0.664. The molecule has 1 rings (SSSR count). The summed E-state index contributed by atoms with van der Waals surface area (Å²) < 4.78 is 4.52. The molecule has 0 unspecified atom stereocenters. The molecule has 58 valence electrons. The highest BCUT2D eigenvalue weighted by molar-refractivity contribution is 9.10. The van der Waals surface area contributed by atoms with Crippen LogP contribution in [0, 0.1) is 0 Å². The molecule has 0 saturated carbocycles. The van der Waals surface area contributed by atoms with Crippen molar-refractivity contribution in [3.63, 3.8) is 0 Å². The van der Waals surface area contributed by atoms with Gasteiger partial charge >= 0.3 is 0 Å². The molecule has 0 spiro atoms. The fraction of sp³-hybridized carbons (Fsp3) is 0. The Morgan fingerprint density at radius 2 is 2.27 bits per heavy atom. The average molecular weight is 251 g/mol. The van der Waals surface area contributed by atoms with Gasteiger partial charge in [0.25, 0.3) is 0 Å². The summed E-state index contributed by atoms with van der Waals surface area (Å²) in [5.74, 6) is 0. The molecule has 1 aromatic carbocycles. The molecule has 1 nitrogen and oxygen atoms in total. The fourth-order valence-electron chi connectivity index (χ4n) is 0.668. The lowest BCUT2D eigenvalue weighted by Gasteiger charge is -1.96. The largest absolute Gasteiger partial charge is 0.227 e. The molecule has 0 N–H and O–H groups in total. The molecule has 0 saturated heterocycles. The minimum Gasteiger partial charge on any atom is -0.227 e. The van der Waals surface area contributed by atoms with Crippen LogP contribution in [0.1, 0.15) is 5.56 Å². The van der Waals surface area contributed by atoms with E-state index in [0.717, 1.165) is 10.0 Å². The molecule has 0 fully saturated rings. The Labute approximate surface area is 84.2 Å². The second kappa shape index (κ2) is 4.14.